The molecule has 4 amide bonds. The van der Waals surface area contributed by atoms with Gasteiger partial charge in [-0.3, -0.25) is 0 Å². The first-order chi connectivity index (χ1) is 47.1. The summed E-state index contributed by atoms with van der Waals surface area (Å²) in [7, 11) is -1.76. The van der Waals surface area contributed by atoms with E-state index < -0.39 is 61.6 Å². The third-order valence-electron chi connectivity index (χ3n) is 19.6. The zero-order chi connectivity index (χ0) is 70.9. The average Bonchev–Trinajstić information content (AvgIpc) is 1.65. The Hall–Kier alpha value is -5.80. The van der Waals surface area contributed by atoms with E-state index in [1.807, 2.05) is 52.8 Å². The minimum atomic E-state index is -4.27. The first-order valence-electron chi connectivity index (χ1n) is 34.6. The summed E-state index contributed by atoms with van der Waals surface area (Å²) in [5.74, 6) is 3.02. The number of likely N-dealkylation sites (tertiary alicyclic amines) is 2. The third-order valence-corrected chi connectivity index (χ3v) is 20.3. The number of halogens is 8. The first-order valence-corrected chi connectivity index (χ1v) is 35.7. The van der Waals surface area contributed by atoms with E-state index in [1.165, 1.54) is 35.9 Å². The van der Waals surface area contributed by atoms with Gasteiger partial charge < -0.3 is 68.7 Å². The number of morpholine rings is 3. The molecule has 0 bridgehead atoms. The van der Waals surface area contributed by atoms with Crippen molar-refractivity contribution in [1.29, 1.82) is 0 Å². The van der Waals surface area contributed by atoms with E-state index in [0.29, 0.717) is 52.2 Å². The second kappa shape index (κ2) is 33.5. The smallest absolute Gasteiger partial charge is 0.427 e. The number of rotatable bonds is 12. The van der Waals surface area contributed by atoms with Gasteiger partial charge in [0.25, 0.3) is 0 Å². The van der Waals surface area contributed by atoms with Gasteiger partial charge >= 0.3 is 32.5 Å². The Morgan fingerprint density at radius 3 is 1.47 bits per heavy atom. The molecule has 3 aliphatic carbocycles. The van der Waals surface area contributed by atoms with Crippen LogP contribution in [0.5, 0.6) is 0 Å². The lowest BCUT2D eigenvalue weighted by atomic mass is 9.76. The highest BCUT2D eigenvalue weighted by Gasteiger charge is 2.52. The van der Waals surface area contributed by atoms with Crippen LogP contribution in [0.1, 0.15) is 133 Å². The number of hydrogen-bond acceptors (Lipinski definition) is 15. The van der Waals surface area contributed by atoms with Crippen molar-refractivity contribution in [2.45, 2.75) is 148 Å². The van der Waals surface area contributed by atoms with Gasteiger partial charge in [-0.05, 0) is 186 Å². The Balaban J connectivity index is 0.000000146. The summed E-state index contributed by atoms with van der Waals surface area (Å²) in [4.78, 5) is 48.9. The lowest BCUT2D eigenvalue weighted by Gasteiger charge is -2.32. The van der Waals surface area contributed by atoms with Crippen LogP contribution in [0, 0.1) is 37.3 Å². The van der Waals surface area contributed by atoms with Crippen molar-refractivity contribution < 1.29 is 65.1 Å². The van der Waals surface area contributed by atoms with Gasteiger partial charge in [0.15, 0.2) is 0 Å². The Kier molecular flexibility index (Phi) is 25.7. The third kappa shape index (κ3) is 21.4. The van der Waals surface area contributed by atoms with E-state index in [9.17, 15) is 31.5 Å². The molecule has 9 heterocycles. The van der Waals surface area contributed by atoms with Crippen molar-refractivity contribution in [3.8, 4) is 11.1 Å². The Bertz CT molecular complexity index is 3550. The summed E-state index contributed by atoms with van der Waals surface area (Å²) >= 11 is 17.8. The molecule has 14 rings (SSSR count). The zero-order valence-corrected chi connectivity index (χ0v) is 59.8. The number of amides is 4. The zero-order valence-electron chi connectivity index (χ0n) is 57.6. The van der Waals surface area contributed by atoms with Crippen LogP contribution in [0.25, 0.3) is 11.1 Å². The summed E-state index contributed by atoms with van der Waals surface area (Å²) < 4.78 is 95.2. The summed E-state index contributed by atoms with van der Waals surface area (Å²) in [6, 6.07) is 16.9. The maximum absolute atomic E-state index is 14.9. The fourth-order valence-electron chi connectivity index (χ4n) is 12.4. The maximum atomic E-state index is 14.9. The maximum Gasteiger partial charge on any atom is 0.495 e. The number of carbonyl (C=O) groups excluding carboxylic acids is 2. The molecule has 9 aliphatic rings. The topological polar surface area (TPSA) is 200 Å². The molecule has 2 atom stereocenters. The number of carbonyl (C=O) groups is 2. The van der Waals surface area contributed by atoms with Gasteiger partial charge in [0.2, 0.25) is 0 Å². The van der Waals surface area contributed by atoms with E-state index in [0.717, 1.165) is 168 Å². The Morgan fingerprint density at radius 1 is 0.586 bits per heavy atom. The molecule has 538 valence electrons. The van der Waals surface area contributed by atoms with E-state index in [1.54, 1.807) is 24.0 Å². The number of aromatic nitrogens is 3. The lowest BCUT2D eigenvalue weighted by molar-refractivity contribution is -0.143. The van der Waals surface area contributed by atoms with Crippen molar-refractivity contribution >= 4 is 95.4 Å². The summed E-state index contributed by atoms with van der Waals surface area (Å²) in [6.45, 7) is 24.6. The minimum absolute atomic E-state index is 0.0110. The number of urea groups is 2. The molecule has 4 N–H and O–H groups in total. The quantitative estimate of drug-likeness (QED) is 0.0522. The van der Waals surface area contributed by atoms with Crippen LogP contribution >= 0.6 is 34.8 Å². The number of hydrogen-bond donors (Lipinski definition) is 4. The molecule has 6 aliphatic heterocycles. The van der Waals surface area contributed by atoms with Crippen molar-refractivity contribution in [3.05, 3.63) is 110 Å². The van der Waals surface area contributed by atoms with Crippen molar-refractivity contribution in [2.75, 3.05) is 130 Å². The predicted molar refractivity (Wildman–Crippen MR) is 379 cm³/mol. The molecule has 0 radical (unpaired) electrons. The van der Waals surface area contributed by atoms with Gasteiger partial charge in [-0.1, -0.05) is 61.0 Å². The highest BCUT2D eigenvalue weighted by molar-refractivity contribution is 6.62. The molecule has 99 heavy (non-hydrogen) atoms. The van der Waals surface area contributed by atoms with Crippen molar-refractivity contribution in [1.82, 2.24) is 24.8 Å². The van der Waals surface area contributed by atoms with Crippen LogP contribution in [0.15, 0.2) is 60.7 Å². The highest BCUT2D eigenvalue weighted by atomic mass is 35.5. The Labute approximate surface area is 593 Å². The van der Waals surface area contributed by atoms with Crippen LogP contribution in [0.4, 0.5) is 60.4 Å². The summed E-state index contributed by atoms with van der Waals surface area (Å²) in [6.07, 6.45) is 3.98. The van der Waals surface area contributed by atoms with Crippen molar-refractivity contribution in [2.24, 2.45) is 11.8 Å². The first kappa shape index (κ1) is 75.9. The average molecular weight is 1440 g/mol. The van der Waals surface area contributed by atoms with Gasteiger partial charge in [0.05, 0.1) is 62.2 Å². The molecular formula is C70H92B2Cl3F5N10O9. The Morgan fingerprint density at radius 2 is 1.03 bits per heavy atom. The number of alkyl halides is 3. The van der Waals surface area contributed by atoms with Gasteiger partial charge in [0, 0.05) is 105 Å². The lowest BCUT2D eigenvalue weighted by Crippen LogP contribution is -2.41. The van der Waals surface area contributed by atoms with Gasteiger partial charge in [-0.2, -0.15) is 13.2 Å². The number of ether oxygens (including phenoxy) is 3. The van der Waals surface area contributed by atoms with Crippen molar-refractivity contribution in [3.63, 3.8) is 0 Å². The molecule has 3 aromatic heterocycles. The van der Waals surface area contributed by atoms with Crippen LogP contribution in [-0.4, -0.2) is 184 Å². The van der Waals surface area contributed by atoms with Gasteiger partial charge in [-0.15, -0.1) is 0 Å². The van der Waals surface area contributed by atoms with E-state index in [-0.39, 0.29) is 42.7 Å². The fraction of sp³-hybridized carbons (Fsp3) is 0.586. The summed E-state index contributed by atoms with van der Waals surface area (Å²) in [5, 5.41) is 23.7. The van der Waals surface area contributed by atoms with Gasteiger partial charge in [-0.25, -0.2) is 33.3 Å². The van der Waals surface area contributed by atoms with E-state index in [4.69, 9.17) is 78.3 Å². The molecule has 9 fully saturated rings. The molecule has 3 saturated carbocycles. The number of benzene rings is 2. The molecular weight excluding hydrogens is 1350 g/mol. The van der Waals surface area contributed by atoms with Crippen LogP contribution in [0.2, 0.25) is 21.0 Å². The fourth-order valence-corrected chi connectivity index (χ4v) is 13.1. The highest BCUT2D eigenvalue weighted by Crippen LogP contribution is 2.44. The van der Waals surface area contributed by atoms with Crippen LogP contribution in [-0.2, 0) is 23.5 Å². The van der Waals surface area contributed by atoms with Gasteiger partial charge in [0.1, 0.15) is 34.2 Å². The molecule has 5 aromatic rings. The second-order valence-corrected chi connectivity index (χ2v) is 29.2. The molecule has 0 unspecified atom stereocenters. The predicted octanol–water partition coefficient (Wildman–Crippen LogP) is 13.7. The van der Waals surface area contributed by atoms with Crippen LogP contribution in [0.3, 0.4) is 0 Å². The largest absolute Gasteiger partial charge is 0.495 e. The minimum Gasteiger partial charge on any atom is -0.427 e. The monoisotopic (exact) mass is 1440 g/mol. The second-order valence-electron chi connectivity index (χ2n) is 28.0. The number of anilines is 5. The number of pyridine rings is 3. The number of aryl methyl sites for hydroxylation is 2. The van der Waals surface area contributed by atoms with E-state index >= 15 is 0 Å². The SMILES string of the molecule is CC[C@@H]1CCN(C(=O)Nc2cc(-c3cc(C4CC4)nc(N4CCOCC4)c3)c(C)cc2F)C1.Cc1cc(F)c(NC(=O)N2CC[C@@H](CC(F)(F)F)C2)cc1B1OC(C)(C)C(C)(C)O1.Clc1cc(C2CC2)nc(N2CCOCC2)c1.Clc1cc(Cl)nc(N2CCOCC2)c1.OB(O)C1CC1. The molecule has 19 nitrogen and oxygen atoms in total. The normalized spacial score (nSPS) is 21.1. The van der Waals surface area contributed by atoms with E-state index in [2.05, 4.69) is 49.4 Å². The van der Waals surface area contributed by atoms with Crippen LogP contribution < -0.4 is 30.8 Å². The molecule has 2 aromatic carbocycles. The standard InChI is InChI=1S/C26H33FN4O2.C20H27BF4N2O3.C12H15ClN2O.C9H10Cl2N2O.C3H7BO2/c1-3-18-6-7-31(16-18)26(32)29-24-15-21(17(2)12-22(24)27)20-13-23(19-4-5-19)28-25(14-20)30-8-10-33-11-9-30;1-12-8-15(22)16(9-14(12)21-29-18(2,3)19(4,5)30-21)26-17(28)27-7-6-13(11-27)10-20(23,24)25;13-10-7-11(9-1-2-9)14-12(8-10)15-3-5-16-6-4-15;10-7-5-8(11)12-9(6-7)13-1-3-14-4-2-13;5-4(6)3-1-2-3/h12-15,18-19H,3-11,16H2,1-2H3,(H,29,32);8-9,13H,6-7,10-11H2,1-5H3,(H,26,28);7-9H,1-6H2;5-6H,1-4H2;3,5-6H,1-2H2/t18-;13-;;;/m10.../s1. The molecule has 0 spiro atoms. The number of nitrogens with one attached hydrogen (secondary N) is 2. The number of nitrogens with zero attached hydrogens (tertiary/aromatic N) is 8. The summed E-state index contributed by atoms with van der Waals surface area (Å²) in [5.41, 5.74) is 5.27. The molecule has 29 heteroatoms. The molecule has 6 saturated heterocycles.